The largest absolute Gasteiger partial charge is 0.326 e. The van der Waals surface area contributed by atoms with Gasteiger partial charge in [-0.3, -0.25) is 9.59 Å². The summed E-state index contributed by atoms with van der Waals surface area (Å²) in [6, 6.07) is 19.2. The minimum atomic E-state index is -0.843. The number of carbonyl (C=O) groups is 2. The molecule has 0 saturated carbocycles. The number of hydrogen-bond acceptors (Lipinski definition) is 3. The highest BCUT2D eigenvalue weighted by atomic mass is 19.1. The lowest BCUT2D eigenvalue weighted by Crippen LogP contribution is -2.55. The number of amides is 3. The van der Waals surface area contributed by atoms with E-state index in [4.69, 9.17) is 0 Å². The Morgan fingerprint density at radius 1 is 0.971 bits per heavy atom. The Hall–Kier alpha value is -3.94. The third kappa shape index (κ3) is 5.11. The fourth-order valence-corrected chi connectivity index (χ4v) is 5.16. The minimum Gasteiger partial charge on any atom is -0.326 e. The molecule has 2 N–H and O–H groups in total. The summed E-state index contributed by atoms with van der Waals surface area (Å²) in [4.78, 5) is 40.5. The summed E-state index contributed by atoms with van der Waals surface area (Å²) in [6.07, 6.45) is 1.23. The van der Waals surface area contributed by atoms with Crippen molar-refractivity contribution >= 4 is 17.6 Å². The Balaban J connectivity index is 1.32. The zero-order valence-electron chi connectivity index (χ0n) is 19.2. The highest BCUT2D eigenvalue weighted by Crippen LogP contribution is 2.34. The normalized spacial score (nSPS) is 19.4. The number of pyridine rings is 1. The molecule has 1 fully saturated rings. The molecule has 1 aromatic heterocycles. The van der Waals surface area contributed by atoms with Crippen molar-refractivity contribution in [2.24, 2.45) is 5.92 Å². The Kier molecular flexibility index (Phi) is 6.35. The molecule has 3 heterocycles. The molecule has 35 heavy (non-hydrogen) atoms. The van der Waals surface area contributed by atoms with Crippen molar-refractivity contribution in [2.75, 3.05) is 18.4 Å². The first kappa shape index (κ1) is 22.8. The van der Waals surface area contributed by atoms with E-state index in [1.807, 2.05) is 41.0 Å². The summed E-state index contributed by atoms with van der Waals surface area (Å²) in [7, 11) is 0. The van der Waals surface area contributed by atoms with Gasteiger partial charge >= 0.3 is 6.03 Å². The Labute approximate surface area is 202 Å². The van der Waals surface area contributed by atoms with E-state index in [0.717, 1.165) is 17.7 Å². The number of fused-ring (bicyclic) bond motifs is 4. The summed E-state index contributed by atoms with van der Waals surface area (Å²) in [5.41, 5.74) is 2.18. The molecule has 2 aliphatic heterocycles. The van der Waals surface area contributed by atoms with E-state index in [-0.39, 0.29) is 23.4 Å². The summed E-state index contributed by atoms with van der Waals surface area (Å²) in [5, 5.41) is 5.63. The zero-order valence-corrected chi connectivity index (χ0v) is 19.2. The summed E-state index contributed by atoms with van der Waals surface area (Å²) >= 11 is 0. The lowest BCUT2D eigenvalue weighted by molar-refractivity contribution is -0.118. The van der Waals surface area contributed by atoms with Gasteiger partial charge in [-0.25, -0.2) is 9.18 Å². The van der Waals surface area contributed by atoms with Crippen LogP contribution in [0, 0.1) is 11.7 Å². The van der Waals surface area contributed by atoms with Crippen LogP contribution in [0.2, 0.25) is 0 Å². The van der Waals surface area contributed by atoms with Crippen LogP contribution in [0.4, 0.5) is 14.9 Å². The third-order valence-corrected chi connectivity index (χ3v) is 6.76. The number of piperidine rings is 1. The molecule has 0 spiro atoms. The van der Waals surface area contributed by atoms with Crippen molar-refractivity contribution in [1.82, 2.24) is 14.8 Å². The molecule has 8 heteroatoms. The maximum atomic E-state index is 13.6. The lowest BCUT2D eigenvalue weighted by Gasteiger charge is -2.43. The van der Waals surface area contributed by atoms with E-state index >= 15 is 0 Å². The van der Waals surface area contributed by atoms with Crippen LogP contribution in [0.25, 0.3) is 0 Å². The van der Waals surface area contributed by atoms with E-state index in [1.54, 1.807) is 23.1 Å². The molecule has 5 rings (SSSR count). The second-order valence-electron chi connectivity index (χ2n) is 9.29. The molecule has 0 unspecified atom stereocenters. The second-order valence-corrected chi connectivity index (χ2v) is 9.29. The van der Waals surface area contributed by atoms with E-state index in [9.17, 15) is 18.8 Å². The number of benzene rings is 2. The highest BCUT2D eigenvalue weighted by molar-refractivity contribution is 5.97. The SMILES string of the molecule is O=C(Nc1cccc(F)c1)[C@H](Cc1ccccc1)NC(=O)N1C[C@@H]2C[C@@H](C1)c1cccc(=O)n1C2. The monoisotopic (exact) mass is 474 g/mol. The third-order valence-electron chi connectivity index (χ3n) is 6.76. The van der Waals surface area contributed by atoms with Gasteiger partial charge in [0.15, 0.2) is 0 Å². The van der Waals surface area contributed by atoms with Crippen molar-refractivity contribution in [3.63, 3.8) is 0 Å². The fourth-order valence-electron chi connectivity index (χ4n) is 5.16. The standard InChI is InChI=1S/C27H27FN4O3/c28-21-8-4-9-22(14-21)29-26(34)23(13-18-6-2-1-3-7-18)30-27(35)31-15-19-12-20(17-31)24-10-5-11-25(33)32(24)16-19/h1-11,14,19-20,23H,12-13,15-17H2,(H,29,34)(H,30,35)/t19-,20-,23-/m0/s1. The summed E-state index contributed by atoms with van der Waals surface area (Å²) < 4.78 is 15.4. The molecular weight excluding hydrogens is 447 g/mol. The number of rotatable bonds is 5. The molecule has 3 atom stereocenters. The maximum absolute atomic E-state index is 13.6. The second kappa shape index (κ2) is 9.74. The first-order valence-electron chi connectivity index (χ1n) is 11.8. The van der Waals surface area contributed by atoms with Gasteiger partial charge in [0.25, 0.3) is 5.56 Å². The van der Waals surface area contributed by atoms with Crippen LogP contribution in [0.15, 0.2) is 77.6 Å². The van der Waals surface area contributed by atoms with Crippen molar-refractivity contribution < 1.29 is 14.0 Å². The quantitative estimate of drug-likeness (QED) is 0.595. The number of aromatic nitrogens is 1. The number of likely N-dealkylation sites (tertiary alicyclic amines) is 1. The van der Waals surface area contributed by atoms with Crippen LogP contribution in [0.5, 0.6) is 0 Å². The van der Waals surface area contributed by atoms with Crippen molar-refractivity contribution in [1.29, 1.82) is 0 Å². The number of nitrogens with one attached hydrogen (secondary N) is 2. The molecule has 180 valence electrons. The van der Waals surface area contributed by atoms with Crippen LogP contribution < -0.4 is 16.2 Å². The van der Waals surface area contributed by atoms with Crippen LogP contribution in [-0.4, -0.2) is 40.5 Å². The number of halogens is 1. The average Bonchev–Trinajstić information content (AvgIpc) is 2.85. The van der Waals surface area contributed by atoms with Crippen LogP contribution in [0.3, 0.4) is 0 Å². The minimum absolute atomic E-state index is 0.00736. The molecule has 3 amide bonds. The fraction of sp³-hybridized carbons (Fsp3) is 0.296. The van der Waals surface area contributed by atoms with Crippen LogP contribution >= 0.6 is 0 Å². The van der Waals surface area contributed by atoms with E-state index < -0.39 is 17.8 Å². The van der Waals surface area contributed by atoms with E-state index in [1.165, 1.54) is 18.2 Å². The molecule has 0 radical (unpaired) electrons. The number of hydrogen-bond donors (Lipinski definition) is 2. The molecule has 0 aliphatic carbocycles. The predicted octanol–water partition coefficient (Wildman–Crippen LogP) is 3.37. The molecule has 2 aliphatic rings. The van der Waals surface area contributed by atoms with E-state index in [2.05, 4.69) is 10.6 Å². The number of carbonyl (C=O) groups excluding carboxylic acids is 2. The van der Waals surface area contributed by atoms with Gasteiger partial charge in [0.1, 0.15) is 11.9 Å². The molecule has 2 bridgehead atoms. The summed E-state index contributed by atoms with van der Waals surface area (Å²) in [5.74, 6) is -0.607. The Morgan fingerprint density at radius 3 is 2.57 bits per heavy atom. The van der Waals surface area contributed by atoms with Gasteiger partial charge in [-0.1, -0.05) is 42.5 Å². The van der Waals surface area contributed by atoms with Gasteiger partial charge in [0.2, 0.25) is 5.91 Å². The first-order valence-corrected chi connectivity index (χ1v) is 11.8. The maximum Gasteiger partial charge on any atom is 0.318 e. The van der Waals surface area contributed by atoms with E-state index in [0.29, 0.717) is 31.7 Å². The van der Waals surface area contributed by atoms with Crippen LogP contribution in [-0.2, 0) is 17.8 Å². The average molecular weight is 475 g/mol. The molecule has 3 aromatic rings. The number of anilines is 1. The van der Waals surface area contributed by atoms with Gasteiger partial charge in [-0.05, 0) is 42.2 Å². The Bertz CT molecular complexity index is 1290. The molecule has 1 saturated heterocycles. The molecule has 7 nitrogen and oxygen atoms in total. The van der Waals surface area contributed by atoms with Gasteiger partial charge in [0, 0.05) is 49.4 Å². The smallest absolute Gasteiger partial charge is 0.318 e. The van der Waals surface area contributed by atoms with Crippen molar-refractivity contribution in [3.8, 4) is 0 Å². The predicted molar refractivity (Wildman–Crippen MR) is 131 cm³/mol. The Morgan fingerprint density at radius 2 is 1.77 bits per heavy atom. The lowest BCUT2D eigenvalue weighted by atomic mass is 9.83. The number of nitrogens with zero attached hydrogens (tertiary/aromatic N) is 2. The van der Waals surface area contributed by atoms with Gasteiger partial charge < -0.3 is 20.1 Å². The van der Waals surface area contributed by atoms with Crippen molar-refractivity contribution in [2.45, 2.75) is 31.3 Å². The van der Waals surface area contributed by atoms with Gasteiger partial charge in [-0.2, -0.15) is 0 Å². The number of urea groups is 1. The van der Waals surface area contributed by atoms with Crippen LogP contribution in [0.1, 0.15) is 23.6 Å². The zero-order chi connectivity index (χ0) is 24.4. The topological polar surface area (TPSA) is 83.4 Å². The first-order chi connectivity index (χ1) is 17.0. The molecular formula is C27H27FN4O3. The summed E-state index contributed by atoms with van der Waals surface area (Å²) in [6.45, 7) is 1.59. The van der Waals surface area contributed by atoms with Gasteiger partial charge in [-0.15, -0.1) is 0 Å². The molecule has 2 aromatic carbocycles. The van der Waals surface area contributed by atoms with Crippen molar-refractivity contribution in [3.05, 3.63) is 100 Å². The van der Waals surface area contributed by atoms with Gasteiger partial charge in [0.05, 0.1) is 0 Å². The highest BCUT2D eigenvalue weighted by Gasteiger charge is 2.37.